The monoisotopic (exact) mass is 178 g/mol. The average Bonchev–Trinajstić information content (AvgIpc) is 2.17. The molecule has 0 fully saturated rings. The fraction of sp³-hybridized carbons (Fsp3) is 0.455. The van der Waals surface area contributed by atoms with E-state index in [1.54, 1.807) is 0 Å². The molecule has 0 unspecified atom stereocenters. The molecule has 0 aromatic heterocycles. The molecule has 2 nitrogen and oxygen atoms in total. The molecule has 2 heteroatoms. The molecule has 0 radical (unpaired) electrons. The Kier molecular flexibility index (Phi) is 3.46. The van der Waals surface area contributed by atoms with Crippen LogP contribution in [0.25, 0.3) is 0 Å². The largest absolute Gasteiger partial charge is 0.329 e. The summed E-state index contributed by atoms with van der Waals surface area (Å²) in [5, 5.41) is 0. The first-order chi connectivity index (χ1) is 6.15. The van der Waals surface area contributed by atoms with Gasteiger partial charge in [-0.2, -0.15) is 0 Å². The Morgan fingerprint density at radius 3 is 2.38 bits per heavy atom. The van der Waals surface area contributed by atoms with Gasteiger partial charge in [-0.15, -0.1) is 0 Å². The van der Waals surface area contributed by atoms with Gasteiger partial charge in [0, 0.05) is 12.6 Å². The third-order valence-corrected chi connectivity index (χ3v) is 2.26. The molecule has 0 aliphatic rings. The summed E-state index contributed by atoms with van der Waals surface area (Å²) in [5.41, 5.74) is 13.8. The van der Waals surface area contributed by atoms with Gasteiger partial charge in [-0.3, -0.25) is 0 Å². The van der Waals surface area contributed by atoms with Crippen molar-refractivity contribution < 1.29 is 0 Å². The molecule has 0 aliphatic heterocycles. The minimum absolute atomic E-state index is 0.0290. The van der Waals surface area contributed by atoms with Crippen molar-refractivity contribution in [3.63, 3.8) is 0 Å². The summed E-state index contributed by atoms with van der Waals surface area (Å²) >= 11 is 0. The Morgan fingerprint density at radius 2 is 1.85 bits per heavy atom. The fourth-order valence-electron chi connectivity index (χ4n) is 1.28. The van der Waals surface area contributed by atoms with E-state index >= 15 is 0 Å². The molecule has 1 rings (SSSR count). The summed E-state index contributed by atoms with van der Waals surface area (Å²) in [5.74, 6) is 0.546. The molecule has 72 valence electrons. The van der Waals surface area contributed by atoms with Gasteiger partial charge in [-0.05, 0) is 17.0 Å². The molecule has 0 bridgehead atoms. The average molecular weight is 178 g/mol. The lowest BCUT2D eigenvalue weighted by Crippen LogP contribution is -2.20. The second kappa shape index (κ2) is 4.40. The highest BCUT2D eigenvalue weighted by Gasteiger charge is 2.05. The summed E-state index contributed by atoms with van der Waals surface area (Å²) in [6.45, 7) is 4.85. The minimum Gasteiger partial charge on any atom is -0.329 e. The second-order valence-corrected chi connectivity index (χ2v) is 3.67. The number of hydrogen-bond acceptors (Lipinski definition) is 2. The topological polar surface area (TPSA) is 52.0 Å². The van der Waals surface area contributed by atoms with Crippen LogP contribution in [-0.4, -0.2) is 6.54 Å². The van der Waals surface area contributed by atoms with Crippen LogP contribution in [0.3, 0.4) is 0 Å². The summed E-state index contributed by atoms with van der Waals surface area (Å²) in [6.07, 6.45) is 0. The van der Waals surface area contributed by atoms with Crippen molar-refractivity contribution in [3.8, 4) is 0 Å². The SMILES string of the molecule is CC(C)c1cccc([C@@H](N)CN)c1. The first kappa shape index (κ1) is 10.2. The van der Waals surface area contributed by atoms with Crippen molar-refractivity contribution in [1.82, 2.24) is 0 Å². The number of hydrogen-bond donors (Lipinski definition) is 2. The van der Waals surface area contributed by atoms with Crippen LogP contribution >= 0.6 is 0 Å². The van der Waals surface area contributed by atoms with Crippen LogP contribution in [0.2, 0.25) is 0 Å². The van der Waals surface area contributed by atoms with Gasteiger partial charge in [-0.1, -0.05) is 38.1 Å². The fourth-order valence-corrected chi connectivity index (χ4v) is 1.28. The van der Waals surface area contributed by atoms with E-state index in [1.165, 1.54) is 5.56 Å². The van der Waals surface area contributed by atoms with E-state index in [9.17, 15) is 0 Å². The Labute approximate surface area is 79.9 Å². The van der Waals surface area contributed by atoms with Gasteiger partial charge in [0.1, 0.15) is 0 Å². The molecule has 1 atom stereocenters. The standard InChI is InChI=1S/C11H18N2/c1-8(2)9-4-3-5-10(6-9)11(13)7-12/h3-6,8,11H,7,12-13H2,1-2H3/t11-/m0/s1. The lowest BCUT2D eigenvalue weighted by Gasteiger charge is -2.12. The normalized spacial score (nSPS) is 13.3. The van der Waals surface area contributed by atoms with Gasteiger partial charge >= 0.3 is 0 Å². The Balaban J connectivity index is 2.91. The van der Waals surface area contributed by atoms with Crippen molar-refractivity contribution in [2.75, 3.05) is 6.54 Å². The first-order valence-electron chi connectivity index (χ1n) is 4.70. The molecular weight excluding hydrogens is 160 g/mol. The van der Waals surface area contributed by atoms with E-state index in [1.807, 2.05) is 12.1 Å². The van der Waals surface area contributed by atoms with Crippen LogP contribution in [0.5, 0.6) is 0 Å². The summed E-state index contributed by atoms with van der Waals surface area (Å²) in [4.78, 5) is 0. The quantitative estimate of drug-likeness (QED) is 0.741. The van der Waals surface area contributed by atoms with Crippen LogP contribution in [0, 0.1) is 0 Å². The Hall–Kier alpha value is -0.860. The molecule has 0 aliphatic carbocycles. The van der Waals surface area contributed by atoms with Gasteiger partial charge in [0.25, 0.3) is 0 Å². The van der Waals surface area contributed by atoms with Crippen LogP contribution in [-0.2, 0) is 0 Å². The molecule has 13 heavy (non-hydrogen) atoms. The predicted octanol–water partition coefficient (Wildman–Crippen LogP) is 1.77. The lowest BCUT2D eigenvalue weighted by molar-refractivity contribution is 0.732. The molecule has 0 saturated carbocycles. The van der Waals surface area contributed by atoms with Gasteiger partial charge in [-0.25, -0.2) is 0 Å². The van der Waals surface area contributed by atoms with Crippen molar-refractivity contribution in [3.05, 3.63) is 35.4 Å². The van der Waals surface area contributed by atoms with Gasteiger partial charge in [0.2, 0.25) is 0 Å². The van der Waals surface area contributed by atoms with E-state index in [0.717, 1.165) is 5.56 Å². The molecule has 0 heterocycles. The van der Waals surface area contributed by atoms with Crippen molar-refractivity contribution >= 4 is 0 Å². The summed E-state index contributed by atoms with van der Waals surface area (Å²) < 4.78 is 0. The minimum atomic E-state index is -0.0290. The third kappa shape index (κ3) is 2.54. The van der Waals surface area contributed by atoms with Crippen LogP contribution in [0.4, 0.5) is 0 Å². The van der Waals surface area contributed by atoms with E-state index in [-0.39, 0.29) is 6.04 Å². The van der Waals surface area contributed by atoms with Crippen LogP contribution in [0.15, 0.2) is 24.3 Å². The maximum absolute atomic E-state index is 5.84. The van der Waals surface area contributed by atoms with Crippen LogP contribution in [0.1, 0.15) is 36.9 Å². The predicted molar refractivity (Wildman–Crippen MR) is 56.5 cm³/mol. The zero-order valence-corrected chi connectivity index (χ0v) is 8.33. The first-order valence-corrected chi connectivity index (χ1v) is 4.70. The highest BCUT2D eigenvalue weighted by atomic mass is 14.7. The van der Waals surface area contributed by atoms with E-state index in [4.69, 9.17) is 11.5 Å². The highest BCUT2D eigenvalue weighted by molar-refractivity contribution is 5.27. The molecule has 0 spiro atoms. The second-order valence-electron chi connectivity index (χ2n) is 3.67. The number of nitrogens with two attached hydrogens (primary N) is 2. The van der Waals surface area contributed by atoms with Gasteiger partial charge in [0.05, 0.1) is 0 Å². The molecule has 0 amide bonds. The van der Waals surface area contributed by atoms with Gasteiger partial charge < -0.3 is 11.5 Å². The molecule has 4 N–H and O–H groups in total. The van der Waals surface area contributed by atoms with E-state index < -0.39 is 0 Å². The van der Waals surface area contributed by atoms with E-state index in [0.29, 0.717) is 12.5 Å². The smallest absolute Gasteiger partial charge is 0.0419 e. The Morgan fingerprint density at radius 1 is 1.23 bits per heavy atom. The molecular formula is C11H18N2. The maximum atomic E-state index is 5.84. The number of rotatable bonds is 3. The Bertz CT molecular complexity index is 269. The molecule has 1 aromatic carbocycles. The summed E-state index contributed by atoms with van der Waals surface area (Å²) in [7, 11) is 0. The number of benzene rings is 1. The lowest BCUT2D eigenvalue weighted by atomic mass is 9.98. The third-order valence-electron chi connectivity index (χ3n) is 2.26. The van der Waals surface area contributed by atoms with Crippen molar-refractivity contribution in [1.29, 1.82) is 0 Å². The highest BCUT2D eigenvalue weighted by Crippen LogP contribution is 2.18. The van der Waals surface area contributed by atoms with Gasteiger partial charge in [0.15, 0.2) is 0 Å². The molecule has 0 saturated heterocycles. The van der Waals surface area contributed by atoms with Crippen molar-refractivity contribution in [2.45, 2.75) is 25.8 Å². The van der Waals surface area contributed by atoms with E-state index in [2.05, 4.69) is 26.0 Å². The van der Waals surface area contributed by atoms with Crippen molar-refractivity contribution in [2.24, 2.45) is 11.5 Å². The maximum Gasteiger partial charge on any atom is 0.0419 e. The van der Waals surface area contributed by atoms with Crippen LogP contribution < -0.4 is 11.5 Å². The zero-order valence-electron chi connectivity index (χ0n) is 8.33. The zero-order chi connectivity index (χ0) is 9.84. The summed E-state index contributed by atoms with van der Waals surface area (Å²) in [6, 6.07) is 8.31. The molecule has 1 aromatic rings.